The van der Waals surface area contributed by atoms with E-state index in [2.05, 4.69) is 144 Å². The second kappa shape index (κ2) is 15.8. The van der Waals surface area contributed by atoms with Gasteiger partial charge in [0.25, 0.3) is 0 Å². The molecule has 1 aromatic heterocycles. The highest BCUT2D eigenvalue weighted by Gasteiger charge is 2.28. The van der Waals surface area contributed by atoms with E-state index < -0.39 is 0 Å². The van der Waals surface area contributed by atoms with Crippen molar-refractivity contribution in [1.29, 1.82) is 0 Å². The summed E-state index contributed by atoms with van der Waals surface area (Å²) in [5, 5.41) is 2.55. The summed E-state index contributed by atoms with van der Waals surface area (Å²) < 4.78 is 4.62. The number of aromatic nitrogens is 1. The summed E-state index contributed by atoms with van der Waals surface area (Å²) in [6.07, 6.45) is 14.0. The Kier molecular flexibility index (Phi) is 11.2. The molecule has 5 aromatic carbocycles. The molecule has 0 radical (unpaired) electrons. The second-order valence-electron chi connectivity index (χ2n) is 10.6. The maximum absolute atomic E-state index is 3.77. The maximum Gasteiger partial charge on any atom is 0.0619 e. The van der Waals surface area contributed by atoms with Crippen LogP contribution in [0.5, 0.6) is 0 Å². The van der Waals surface area contributed by atoms with Crippen LogP contribution in [0.25, 0.3) is 49.9 Å². The molecule has 0 saturated carbocycles. The van der Waals surface area contributed by atoms with Crippen LogP contribution in [0, 0.1) is 0 Å². The molecular weight excluding hydrogens is 589 g/mol. The van der Waals surface area contributed by atoms with Gasteiger partial charge in [0, 0.05) is 28.3 Å². The van der Waals surface area contributed by atoms with Crippen molar-refractivity contribution in [2.45, 2.75) is 20.8 Å². The molecule has 1 aliphatic heterocycles. The number of hydrogen-bond donors (Lipinski definition) is 0. The van der Waals surface area contributed by atoms with Crippen molar-refractivity contribution in [1.82, 2.24) is 4.57 Å². The topological polar surface area (TPSA) is 8.17 Å². The number of allylic oxidation sites excluding steroid dienone is 7. The maximum atomic E-state index is 3.77. The number of nitrogens with zero attached hydrogens (tertiary/aromatic N) is 2. The van der Waals surface area contributed by atoms with Crippen LogP contribution in [0.15, 0.2) is 171 Å². The minimum absolute atomic E-state index is 1.18. The standard InChI is InChI=1S/C31H24N2S.C11H12.C2H6/c1-3-4-6-15-30-27-21-23(17-19-31(27)33(30)34-2)22-16-18-29-26(20-22)25-13-9-10-14-28(25)32(29)24-11-7-5-8-12-24;1-3-10(4-2)11-8-6-5-7-9-11;1-2/h3-21H,1H2,2H3;3-9H,1H2,2H3;1-2H3/b6-4-,30-15-;10-4+;. The lowest BCUT2D eigenvalue weighted by Gasteiger charge is -2.37. The van der Waals surface area contributed by atoms with Crippen molar-refractivity contribution < 1.29 is 0 Å². The summed E-state index contributed by atoms with van der Waals surface area (Å²) in [5.41, 5.74) is 12.3. The van der Waals surface area contributed by atoms with Crippen LogP contribution in [-0.4, -0.2) is 10.8 Å². The highest BCUT2D eigenvalue weighted by Crippen LogP contribution is 2.48. The Morgan fingerprint density at radius 2 is 1.32 bits per heavy atom. The van der Waals surface area contributed by atoms with E-state index in [1.165, 1.54) is 66.7 Å². The summed E-state index contributed by atoms with van der Waals surface area (Å²) in [7, 11) is 0. The lowest BCUT2D eigenvalue weighted by Crippen LogP contribution is -2.23. The van der Waals surface area contributed by atoms with E-state index in [9.17, 15) is 0 Å². The lowest BCUT2D eigenvalue weighted by molar-refractivity contribution is 1.18. The number of para-hydroxylation sites is 2. The quantitative estimate of drug-likeness (QED) is 0.128. The summed E-state index contributed by atoms with van der Waals surface area (Å²) in [5.74, 6) is 0. The molecule has 0 saturated heterocycles. The first-order chi connectivity index (χ1) is 23.2. The van der Waals surface area contributed by atoms with Crippen LogP contribution in [0.1, 0.15) is 31.9 Å². The Morgan fingerprint density at radius 1 is 0.681 bits per heavy atom. The van der Waals surface area contributed by atoms with Gasteiger partial charge in [-0.15, -0.1) is 0 Å². The van der Waals surface area contributed by atoms with Gasteiger partial charge in [-0.2, -0.15) is 0 Å². The van der Waals surface area contributed by atoms with E-state index in [0.717, 1.165) is 0 Å². The van der Waals surface area contributed by atoms with Gasteiger partial charge in [-0.05, 0) is 89.7 Å². The largest absolute Gasteiger partial charge is 0.309 e. The van der Waals surface area contributed by atoms with Gasteiger partial charge in [0.15, 0.2) is 0 Å². The molecule has 3 heteroatoms. The molecule has 234 valence electrons. The second-order valence-corrected chi connectivity index (χ2v) is 11.3. The van der Waals surface area contributed by atoms with Crippen LogP contribution in [-0.2, 0) is 0 Å². The van der Waals surface area contributed by atoms with Crippen LogP contribution >= 0.6 is 11.9 Å². The predicted molar refractivity (Wildman–Crippen MR) is 211 cm³/mol. The van der Waals surface area contributed by atoms with E-state index >= 15 is 0 Å². The first-order valence-corrected chi connectivity index (χ1v) is 17.3. The van der Waals surface area contributed by atoms with Crippen LogP contribution in [0.4, 0.5) is 5.69 Å². The molecule has 0 aliphatic carbocycles. The van der Waals surface area contributed by atoms with E-state index in [0.29, 0.717) is 0 Å². The number of fused-ring (bicyclic) bond motifs is 4. The molecule has 6 aromatic rings. The number of benzene rings is 5. The van der Waals surface area contributed by atoms with E-state index in [-0.39, 0.29) is 0 Å². The summed E-state index contributed by atoms with van der Waals surface area (Å²) in [6, 6.07) is 43.1. The molecule has 0 atom stereocenters. The fourth-order valence-corrected chi connectivity index (χ4v) is 6.62. The molecule has 0 N–H and O–H groups in total. The highest BCUT2D eigenvalue weighted by molar-refractivity contribution is 8.00. The van der Waals surface area contributed by atoms with Gasteiger partial charge in [-0.25, -0.2) is 0 Å². The third-order valence-electron chi connectivity index (χ3n) is 8.05. The average molecular weight is 631 g/mol. The van der Waals surface area contributed by atoms with Gasteiger partial charge in [0.2, 0.25) is 0 Å². The zero-order valence-electron chi connectivity index (χ0n) is 27.7. The Morgan fingerprint density at radius 3 is 2.00 bits per heavy atom. The third-order valence-corrected chi connectivity index (χ3v) is 8.81. The Balaban J connectivity index is 0.000000283. The fourth-order valence-electron chi connectivity index (χ4n) is 5.90. The van der Waals surface area contributed by atoms with Gasteiger partial charge >= 0.3 is 0 Å². The van der Waals surface area contributed by atoms with Gasteiger partial charge < -0.3 is 4.57 Å². The van der Waals surface area contributed by atoms with E-state index in [1.54, 1.807) is 18.0 Å². The van der Waals surface area contributed by atoms with Gasteiger partial charge in [-0.1, -0.05) is 136 Å². The fraction of sp³-hybridized carbons (Fsp3) is 0.0909. The smallest absolute Gasteiger partial charge is 0.0619 e. The van der Waals surface area contributed by atoms with Crippen molar-refractivity contribution in [3.05, 3.63) is 182 Å². The van der Waals surface area contributed by atoms with Crippen molar-refractivity contribution in [2.24, 2.45) is 0 Å². The zero-order valence-corrected chi connectivity index (χ0v) is 28.5. The molecule has 0 bridgehead atoms. The lowest BCUT2D eigenvalue weighted by atomic mass is 9.94. The van der Waals surface area contributed by atoms with Crippen molar-refractivity contribution in [3.8, 4) is 16.8 Å². The molecule has 2 nitrogen and oxygen atoms in total. The highest BCUT2D eigenvalue weighted by atomic mass is 32.2. The number of rotatable bonds is 7. The molecule has 0 fully saturated rings. The van der Waals surface area contributed by atoms with Gasteiger partial charge in [0.1, 0.15) is 0 Å². The minimum Gasteiger partial charge on any atom is -0.309 e. The predicted octanol–water partition coefficient (Wildman–Crippen LogP) is 12.9. The Hall–Kier alpha value is -5.25. The number of hydrogen-bond acceptors (Lipinski definition) is 2. The van der Waals surface area contributed by atoms with E-state index in [1.807, 2.05) is 57.2 Å². The molecule has 7 rings (SSSR count). The molecule has 47 heavy (non-hydrogen) atoms. The minimum atomic E-state index is 1.18. The summed E-state index contributed by atoms with van der Waals surface area (Å²) in [6.45, 7) is 13.5. The molecule has 0 amide bonds. The Labute approximate surface area is 284 Å². The SMILES string of the molecule is C=C/C(=C\C)c1ccccc1.C=C/C=C\C=C1\c2cc(-c3ccc4c(c3)c3ccccc3n4-c3ccccc3)ccc2N1SC.CC. The number of anilines is 1. The molecule has 0 spiro atoms. The molecule has 1 aliphatic rings. The van der Waals surface area contributed by atoms with E-state index in [4.69, 9.17) is 0 Å². The first-order valence-electron chi connectivity index (χ1n) is 16.1. The molecule has 2 heterocycles. The van der Waals surface area contributed by atoms with Crippen LogP contribution in [0.3, 0.4) is 0 Å². The van der Waals surface area contributed by atoms with Crippen LogP contribution in [0.2, 0.25) is 0 Å². The zero-order chi connectivity index (χ0) is 33.2. The van der Waals surface area contributed by atoms with Crippen molar-refractivity contribution >= 4 is 50.7 Å². The van der Waals surface area contributed by atoms with Gasteiger partial charge in [0.05, 0.1) is 22.4 Å². The third kappa shape index (κ3) is 6.82. The van der Waals surface area contributed by atoms with Crippen molar-refractivity contribution in [3.63, 3.8) is 0 Å². The van der Waals surface area contributed by atoms with Gasteiger partial charge in [-0.3, -0.25) is 4.31 Å². The Bertz CT molecular complexity index is 2080. The van der Waals surface area contributed by atoms with Crippen LogP contribution < -0.4 is 4.31 Å². The summed E-state index contributed by atoms with van der Waals surface area (Å²) in [4.78, 5) is 0. The average Bonchev–Trinajstić information content (AvgIpc) is 3.47. The van der Waals surface area contributed by atoms with Crippen molar-refractivity contribution in [2.75, 3.05) is 10.6 Å². The first kappa shape index (κ1) is 33.1. The summed E-state index contributed by atoms with van der Waals surface area (Å²) >= 11 is 1.73. The normalized spacial score (nSPS) is 13.0. The monoisotopic (exact) mass is 630 g/mol. The molecule has 0 unspecified atom stereocenters. The molecular formula is C44H42N2S.